The number of aromatic nitrogens is 2. The molecule has 0 aromatic carbocycles. The molecule has 5 nitrogen and oxygen atoms in total. The fourth-order valence-corrected chi connectivity index (χ4v) is 2.20. The Balaban J connectivity index is 2.55. The lowest BCUT2D eigenvalue weighted by Crippen LogP contribution is -2.44. The molecule has 2 N–H and O–H groups in total. The Labute approximate surface area is 115 Å². The maximum Gasteiger partial charge on any atom is 0.220 e. The van der Waals surface area contributed by atoms with Crippen LogP contribution in [0, 0.1) is 13.8 Å². The number of hydrogen-bond donors (Lipinski definition) is 2. The molecule has 0 atom stereocenters. The highest BCUT2D eigenvalue weighted by atomic mass is 16.3. The molecular formula is C14H25N3O2. The van der Waals surface area contributed by atoms with Crippen LogP contribution in [0.4, 0.5) is 0 Å². The smallest absolute Gasteiger partial charge is 0.220 e. The van der Waals surface area contributed by atoms with Crippen LogP contribution in [0.1, 0.15) is 43.6 Å². The van der Waals surface area contributed by atoms with Gasteiger partial charge < -0.3 is 10.4 Å². The molecule has 1 heterocycles. The molecule has 1 aromatic heterocycles. The van der Waals surface area contributed by atoms with Crippen LogP contribution in [0.25, 0.3) is 0 Å². The predicted octanol–water partition coefficient (Wildman–Crippen LogP) is 1.25. The van der Waals surface area contributed by atoms with Gasteiger partial charge in [0.1, 0.15) is 0 Å². The average Bonchev–Trinajstić information content (AvgIpc) is 2.50. The van der Waals surface area contributed by atoms with Crippen molar-refractivity contribution in [2.45, 2.75) is 52.5 Å². The van der Waals surface area contributed by atoms with E-state index in [-0.39, 0.29) is 18.1 Å². The van der Waals surface area contributed by atoms with Crippen molar-refractivity contribution < 1.29 is 9.90 Å². The summed E-state index contributed by atoms with van der Waals surface area (Å²) in [6.07, 6.45) is 1.71. The van der Waals surface area contributed by atoms with Crippen molar-refractivity contribution >= 4 is 5.91 Å². The van der Waals surface area contributed by atoms with Gasteiger partial charge in [0.05, 0.1) is 5.69 Å². The summed E-state index contributed by atoms with van der Waals surface area (Å²) >= 11 is 0. The summed E-state index contributed by atoms with van der Waals surface area (Å²) in [4.78, 5) is 11.9. The van der Waals surface area contributed by atoms with Gasteiger partial charge in [-0.25, -0.2) is 0 Å². The minimum atomic E-state index is -0.356. The van der Waals surface area contributed by atoms with Crippen LogP contribution in [0.2, 0.25) is 0 Å². The van der Waals surface area contributed by atoms with Crippen molar-refractivity contribution in [2.75, 3.05) is 6.61 Å². The SMILES string of the molecule is Cc1nn(C)c(C)c1CCC(=O)NC(C)(C)CCO. The maximum absolute atomic E-state index is 11.9. The van der Waals surface area contributed by atoms with Gasteiger partial charge in [-0.05, 0) is 46.1 Å². The third kappa shape index (κ3) is 4.35. The summed E-state index contributed by atoms with van der Waals surface area (Å²) in [6, 6.07) is 0. The fourth-order valence-electron chi connectivity index (χ4n) is 2.20. The summed E-state index contributed by atoms with van der Waals surface area (Å²) in [6.45, 7) is 7.90. The Morgan fingerprint density at radius 2 is 2.05 bits per heavy atom. The van der Waals surface area contributed by atoms with Gasteiger partial charge in [-0.2, -0.15) is 5.10 Å². The lowest BCUT2D eigenvalue weighted by molar-refractivity contribution is -0.122. The van der Waals surface area contributed by atoms with E-state index in [9.17, 15) is 4.79 Å². The van der Waals surface area contributed by atoms with Crippen LogP contribution in [-0.4, -0.2) is 32.9 Å². The van der Waals surface area contributed by atoms with E-state index < -0.39 is 0 Å². The Morgan fingerprint density at radius 3 is 2.53 bits per heavy atom. The highest BCUT2D eigenvalue weighted by Gasteiger charge is 2.20. The first-order valence-electron chi connectivity index (χ1n) is 6.68. The first kappa shape index (κ1) is 15.7. The number of carbonyl (C=O) groups excluding carboxylic acids is 1. The van der Waals surface area contributed by atoms with E-state index in [0.717, 1.165) is 17.0 Å². The van der Waals surface area contributed by atoms with Crippen molar-refractivity contribution in [3.05, 3.63) is 17.0 Å². The van der Waals surface area contributed by atoms with E-state index in [0.29, 0.717) is 19.3 Å². The Morgan fingerprint density at radius 1 is 1.42 bits per heavy atom. The van der Waals surface area contributed by atoms with E-state index in [1.807, 2.05) is 39.4 Å². The maximum atomic E-state index is 11.9. The van der Waals surface area contributed by atoms with Gasteiger partial charge in [0.25, 0.3) is 0 Å². The van der Waals surface area contributed by atoms with Crippen LogP contribution >= 0.6 is 0 Å². The van der Waals surface area contributed by atoms with Crippen molar-refractivity contribution in [1.29, 1.82) is 0 Å². The second-order valence-corrected chi connectivity index (χ2v) is 5.68. The number of rotatable bonds is 6. The monoisotopic (exact) mass is 267 g/mol. The molecule has 19 heavy (non-hydrogen) atoms. The Bertz CT molecular complexity index is 450. The summed E-state index contributed by atoms with van der Waals surface area (Å²) < 4.78 is 1.85. The number of hydrogen-bond acceptors (Lipinski definition) is 3. The zero-order valence-electron chi connectivity index (χ0n) is 12.6. The molecule has 0 spiro atoms. The van der Waals surface area contributed by atoms with Crippen LogP contribution < -0.4 is 5.32 Å². The normalized spacial score (nSPS) is 11.7. The molecule has 0 saturated carbocycles. The lowest BCUT2D eigenvalue weighted by Gasteiger charge is -2.25. The Hall–Kier alpha value is -1.36. The molecule has 0 saturated heterocycles. The van der Waals surface area contributed by atoms with Crippen LogP contribution in [0.3, 0.4) is 0 Å². The third-order valence-corrected chi connectivity index (χ3v) is 3.48. The minimum absolute atomic E-state index is 0.0149. The molecule has 108 valence electrons. The zero-order chi connectivity index (χ0) is 14.6. The first-order chi connectivity index (χ1) is 8.76. The molecule has 0 radical (unpaired) electrons. The van der Waals surface area contributed by atoms with Crippen molar-refractivity contribution in [2.24, 2.45) is 7.05 Å². The number of nitrogens with zero attached hydrogens (tertiary/aromatic N) is 2. The van der Waals surface area contributed by atoms with Gasteiger partial charge in [-0.1, -0.05) is 0 Å². The number of aliphatic hydroxyl groups excluding tert-OH is 1. The molecule has 1 amide bonds. The quantitative estimate of drug-likeness (QED) is 0.815. The summed E-state index contributed by atoms with van der Waals surface area (Å²) in [5, 5.41) is 16.2. The van der Waals surface area contributed by atoms with Crippen molar-refractivity contribution in [3.8, 4) is 0 Å². The predicted molar refractivity (Wildman–Crippen MR) is 74.9 cm³/mol. The standard InChI is InChI=1S/C14H25N3O2/c1-10-12(11(2)17(5)16-10)6-7-13(19)15-14(3,4)8-9-18/h18H,6-9H2,1-5H3,(H,15,19). The second-order valence-electron chi connectivity index (χ2n) is 5.68. The van der Waals surface area contributed by atoms with Crippen LogP contribution in [0.15, 0.2) is 0 Å². The molecule has 5 heteroatoms. The average molecular weight is 267 g/mol. The molecule has 1 aromatic rings. The van der Waals surface area contributed by atoms with Gasteiger partial charge in [-0.15, -0.1) is 0 Å². The summed E-state index contributed by atoms with van der Waals surface area (Å²) in [5.74, 6) is 0.0149. The number of aryl methyl sites for hydroxylation is 2. The summed E-state index contributed by atoms with van der Waals surface area (Å²) in [7, 11) is 1.91. The highest BCUT2D eigenvalue weighted by Crippen LogP contribution is 2.14. The topological polar surface area (TPSA) is 67.2 Å². The van der Waals surface area contributed by atoms with Gasteiger partial charge in [0.2, 0.25) is 5.91 Å². The van der Waals surface area contributed by atoms with Gasteiger partial charge >= 0.3 is 0 Å². The number of nitrogens with one attached hydrogen (secondary N) is 1. The molecule has 0 bridgehead atoms. The van der Waals surface area contributed by atoms with E-state index >= 15 is 0 Å². The van der Waals surface area contributed by atoms with Crippen LogP contribution in [0.5, 0.6) is 0 Å². The largest absolute Gasteiger partial charge is 0.396 e. The van der Waals surface area contributed by atoms with Crippen molar-refractivity contribution in [1.82, 2.24) is 15.1 Å². The molecule has 0 fully saturated rings. The zero-order valence-corrected chi connectivity index (χ0v) is 12.6. The summed E-state index contributed by atoms with van der Waals surface area (Å²) in [5.41, 5.74) is 2.89. The number of carbonyl (C=O) groups is 1. The molecular weight excluding hydrogens is 242 g/mol. The molecule has 1 rings (SSSR count). The van der Waals surface area contributed by atoms with E-state index in [1.54, 1.807) is 0 Å². The fraction of sp³-hybridized carbons (Fsp3) is 0.714. The first-order valence-corrected chi connectivity index (χ1v) is 6.68. The van der Waals surface area contributed by atoms with E-state index in [2.05, 4.69) is 10.4 Å². The molecule has 0 unspecified atom stereocenters. The van der Waals surface area contributed by atoms with Crippen molar-refractivity contribution in [3.63, 3.8) is 0 Å². The molecule has 0 aliphatic heterocycles. The molecule has 0 aliphatic carbocycles. The van der Waals surface area contributed by atoms with Crippen LogP contribution in [-0.2, 0) is 18.3 Å². The highest BCUT2D eigenvalue weighted by molar-refractivity contribution is 5.77. The Kier molecular flexibility index (Phi) is 5.11. The van der Waals surface area contributed by atoms with E-state index in [4.69, 9.17) is 5.11 Å². The second kappa shape index (κ2) is 6.19. The van der Waals surface area contributed by atoms with Gasteiger partial charge in [0.15, 0.2) is 0 Å². The molecule has 0 aliphatic rings. The third-order valence-electron chi connectivity index (χ3n) is 3.48. The lowest BCUT2D eigenvalue weighted by atomic mass is 10.0. The number of amides is 1. The van der Waals surface area contributed by atoms with E-state index in [1.165, 1.54) is 0 Å². The van der Waals surface area contributed by atoms with Gasteiger partial charge in [-0.3, -0.25) is 9.48 Å². The van der Waals surface area contributed by atoms with Gasteiger partial charge in [0, 0.05) is 31.3 Å². The minimum Gasteiger partial charge on any atom is -0.396 e. The number of aliphatic hydroxyl groups is 1.